The Hall–Kier alpha value is -2.76. The molecule has 1 aromatic carbocycles. The number of nitrogens with zero attached hydrogens (tertiary/aromatic N) is 2. The van der Waals surface area contributed by atoms with Crippen LogP contribution in [0.5, 0.6) is 0 Å². The quantitative estimate of drug-likeness (QED) is 0.775. The number of H-pyrrole nitrogens is 1. The van der Waals surface area contributed by atoms with E-state index < -0.39 is 11.8 Å². The monoisotopic (exact) mass is 285 g/mol. The van der Waals surface area contributed by atoms with E-state index in [4.69, 9.17) is 0 Å². The van der Waals surface area contributed by atoms with Gasteiger partial charge in [0.1, 0.15) is 17.3 Å². The molecule has 21 heavy (non-hydrogen) atoms. The first-order chi connectivity index (χ1) is 10.1. The molecule has 0 aliphatic rings. The second-order valence-corrected chi connectivity index (χ2v) is 4.58. The molecule has 0 aliphatic carbocycles. The summed E-state index contributed by atoms with van der Waals surface area (Å²) in [5, 5.41) is 9.67. The van der Waals surface area contributed by atoms with E-state index in [0.717, 1.165) is 0 Å². The smallest absolute Gasteiger partial charge is 0.338 e. The van der Waals surface area contributed by atoms with Gasteiger partial charge in [-0.15, -0.1) is 0 Å². The molecule has 0 saturated heterocycles. The molecule has 0 amide bonds. The Kier molecular flexibility index (Phi) is 3.13. The number of carbonyl (C=O) groups is 1. The second kappa shape index (κ2) is 4.97. The molecule has 2 aromatic heterocycles. The third-order valence-corrected chi connectivity index (χ3v) is 3.22. The average Bonchev–Trinajstić information content (AvgIpc) is 2.90. The van der Waals surface area contributed by atoms with Crippen molar-refractivity contribution in [3.63, 3.8) is 0 Å². The van der Waals surface area contributed by atoms with Crippen LogP contribution in [0.15, 0.2) is 30.5 Å². The highest BCUT2D eigenvalue weighted by molar-refractivity contribution is 6.07. The molecule has 0 fully saturated rings. The first-order valence-electron chi connectivity index (χ1n) is 6.47. The summed E-state index contributed by atoms with van der Waals surface area (Å²) in [6, 6.07) is 5.93. The number of hydrogen-bond acceptors (Lipinski definition) is 3. The van der Waals surface area contributed by atoms with Crippen LogP contribution in [0.25, 0.3) is 22.3 Å². The third kappa shape index (κ3) is 2.24. The number of hydrogen-bond donors (Lipinski definition) is 2. The average molecular weight is 285 g/mol. The summed E-state index contributed by atoms with van der Waals surface area (Å²) in [4.78, 5) is 22.8. The minimum atomic E-state index is -1.08. The van der Waals surface area contributed by atoms with Gasteiger partial charge in [-0.3, -0.25) is 0 Å². The second-order valence-electron chi connectivity index (χ2n) is 4.58. The van der Waals surface area contributed by atoms with Crippen molar-refractivity contribution in [2.24, 2.45) is 0 Å². The number of benzene rings is 1. The molecule has 0 atom stereocenters. The molecule has 0 bridgehead atoms. The number of aromatic nitrogens is 3. The van der Waals surface area contributed by atoms with Crippen molar-refractivity contribution < 1.29 is 14.3 Å². The number of nitrogens with one attached hydrogen (secondary N) is 1. The molecular formula is C15H12FN3O2. The molecule has 0 saturated carbocycles. The summed E-state index contributed by atoms with van der Waals surface area (Å²) in [6.07, 6.45) is 1.98. The highest BCUT2D eigenvalue weighted by Gasteiger charge is 2.18. The van der Waals surface area contributed by atoms with Crippen LogP contribution >= 0.6 is 0 Å². The fourth-order valence-corrected chi connectivity index (χ4v) is 2.25. The van der Waals surface area contributed by atoms with Crippen molar-refractivity contribution in [3.8, 4) is 11.3 Å². The van der Waals surface area contributed by atoms with Gasteiger partial charge in [0.15, 0.2) is 0 Å². The highest BCUT2D eigenvalue weighted by atomic mass is 19.1. The van der Waals surface area contributed by atoms with Gasteiger partial charge in [0.2, 0.25) is 0 Å². The number of fused-ring (bicyclic) bond motifs is 1. The topological polar surface area (TPSA) is 78.9 Å². The lowest BCUT2D eigenvalue weighted by molar-refractivity contribution is 0.0699. The summed E-state index contributed by atoms with van der Waals surface area (Å²) < 4.78 is 13.5. The van der Waals surface area contributed by atoms with Gasteiger partial charge in [0.25, 0.3) is 0 Å². The number of carboxylic acids is 1. The van der Waals surface area contributed by atoms with E-state index in [9.17, 15) is 14.3 Å². The fourth-order valence-electron chi connectivity index (χ4n) is 2.25. The molecule has 106 valence electrons. The number of aromatic carboxylic acids is 1. The third-order valence-electron chi connectivity index (χ3n) is 3.22. The Morgan fingerprint density at radius 3 is 2.86 bits per heavy atom. The standard InChI is InChI=1S/C15H12FN3O2/c1-2-11-18-13(8-4-3-5-9(16)6-8)12-10(15(20)21)7-17-14(12)19-11/h3-7H,2H2,1H3,(H,20,21)(H,17,18,19). The van der Waals surface area contributed by atoms with Crippen LogP contribution in [0.2, 0.25) is 0 Å². The lowest BCUT2D eigenvalue weighted by Gasteiger charge is -2.06. The molecule has 0 radical (unpaired) electrons. The Morgan fingerprint density at radius 2 is 2.19 bits per heavy atom. The van der Waals surface area contributed by atoms with Gasteiger partial charge in [-0.1, -0.05) is 19.1 Å². The van der Waals surface area contributed by atoms with E-state index in [-0.39, 0.29) is 5.56 Å². The molecule has 5 nitrogen and oxygen atoms in total. The molecule has 3 aromatic rings. The van der Waals surface area contributed by atoms with Crippen molar-refractivity contribution >= 4 is 17.0 Å². The molecule has 0 aliphatic heterocycles. The number of carboxylic acid groups (broad SMARTS) is 1. The van der Waals surface area contributed by atoms with Crippen LogP contribution in [0.4, 0.5) is 4.39 Å². The van der Waals surface area contributed by atoms with E-state index in [1.807, 2.05) is 6.92 Å². The zero-order valence-corrected chi connectivity index (χ0v) is 11.2. The van der Waals surface area contributed by atoms with Crippen molar-refractivity contribution in [1.82, 2.24) is 15.0 Å². The maximum atomic E-state index is 13.5. The fraction of sp³-hybridized carbons (Fsp3) is 0.133. The molecular weight excluding hydrogens is 273 g/mol. The van der Waals surface area contributed by atoms with Gasteiger partial charge in [-0.2, -0.15) is 0 Å². The maximum Gasteiger partial charge on any atom is 0.338 e. The first kappa shape index (κ1) is 13.2. The van der Waals surface area contributed by atoms with E-state index in [1.54, 1.807) is 12.1 Å². The van der Waals surface area contributed by atoms with Gasteiger partial charge in [-0.25, -0.2) is 19.2 Å². The zero-order valence-electron chi connectivity index (χ0n) is 11.2. The molecule has 0 unspecified atom stereocenters. The number of rotatable bonds is 3. The van der Waals surface area contributed by atoms with Crippen LogP contribution in [0, 0.1) is 5.82 Å². The molecule has 6 heteroatoms. The maximum absolute atomic E-state index is 13.5. The molecule has 2 N–H and O–H groups in total. The Labute approximate surface area is 119 Å². The highest BCUT2D eigenvalue weighted by Crippen LogP contribution is 2.29. The minimum Gasteiger partial charge on any atom is -0.478 e. The van der Waals surface area contributed by atoms with Gasteiger partial charge in [0.05, 0.1) is 16.6 Å². The van der Waals surface area contributed by atoms with Crippen molar-refractivity contribution in [3.05, 3.63) is 47.7 Å². The van der Waals surface area contributed by atoms with Gasteiger partial charge < -0.3 is 10.1 Å². The Balaban J connectivity index is 2.37. The predicted octanol–water partition coefficient (Wildman–Crippen LogP) is 3.02. The van der Waals surface area contributed by atoms with Gasteiger partial charge in [-0.05, 0) is 12.1 Å². The van der Waals surface area contributed by atoms with Crippen LogP contribution in [-0.4, -0.2) is 26.0 Å². The first-order valence-corrected chi connectivity index (χ1v) is 6.47. The van der Waals surface area contributed by atoms with E-state index in [1.165, 1.54) is 18.3 Å². The summed E-state index contributed by atoms with van der Waals surface area (Å²) in [5.74, 6) is -0.906. The lowest BCUT2D eigenvalue weighted by Crippen LogP contribution is -2.00. The van der Waals surface area contributed by atoms with Gasteiger partial charge in [0, 0.05) is 18.2 Å². The summed E-state index contributed by atoms with van der Waals surface area (Å²) in [7, 11) is 0. The molecule has 2 heterocycles. The summed E-state index contributed by atoms with van der Waals surface area (Å²) >= 11 is 0. The number of halogens is 1. The number of aryl methyl sites for hydroxylation is 1. The SMILES string of the molecule is CCc1nc(-c2cccc(F)c2)c2c(C(=O)O)c[nH]c2n1. The van der Waals surface area contributed by atoms with E-state index >= 15 is 0 Å². The number of aromatic amines is 1. The van der Waals surface area contributed by atoms with Crippen LogP contribution in [0.3, 0.4) is 0 Å². The van der Waals surface area contributed by atoms with Crippen LogP contribution in [-0.2, 0) is 6.42 Å². The van der Waals surface area contributed by atoms with E-state index in [2.05, 4.69) is 15.0 Å². The molecule has 0 spiro atoms. The Morgan fingerprint density at radius 1 is 1.38 bits per heavy atom. The predicted molar refractivity (Wildman–Crippen MR) is 75.6 cm³/mol. The normalized spacial score (nSPS) is 11.0. The van der Waals surface area contributed by atoms with Crippen molar-refractivity contribution in [2.75, 3.05) is 0 Å². The molecule has 3 rings (SSSR count). The van der Waals surface area contributed by atoms with Crippen LogP contribution in [0.1, 0.15) is 23.1 Å². The summed E-state index contributed by atoms with van der Waals surface area (Å²) in [6.45, 7) is 1.90. The van der Waals surface area contributed by atoms with Crippen LogP contribution < -0.4 is 0 Å². The minimum absolute atomic E-state index is 0.0758. The van der Waals surface area contributed by atoms with Gasteiger partial charge >= 0.3 is 5.97 Å². The summed E-state index contributed by atoms with van der Waals surface area (Å²) in [5.41, 5.74) is 1.47. The largest absolute Gasteiger partial charge is 0.478 e. The lowest BCUT2D eigenvalue weighted by atomic mass is 10.1. The zero-order chi connectivity index (χ0) is 15.0. The Bertz CT molecular complexity index is 842. The van der Waals surface area contributed by atoms with E-state index in [0.29, 0.717) is 34.5 Å². The van der Waals surface area contributed by atoms with Crippen molar-refractivity contribution in [1.29, 1.82) is 0 Å². The van der Waals surface area contributed by atoms with Crippen molar-refractivity contribution in [2.45, 2.75) is 13.3 Å².